The van der Waals surface area contributed by atoms with E-state index >= 15 is 0 Å². The van der Waals surface area contributed by atoms with Crippen molar-refractivity contribution >= 4 is 5.71 Å². The summed E-state index contributed by atoms with van der Waals surface area (Å²) in [6.45, 7) is 0.976. The number of para-hydroxylation sites is 1. The molecular formula is C22H23NO. The normalized spacial score (nSPS) is 17.2. The molecule has 2 aromatic rings. The summed E-state index contributed by atoms with van der Waals surface area (Å²) in [5.74, 6) is 1.76. The van der Waals surface area contributed by atoms with E-state index in [1.54, 1.807) is 11.1 Å². The fraction of sp³-hybridized carbons (Fsp3) is 0.318. The van der Waals surface area contributed by atoms with Crippen LogP contribution in [-0.2, 0) is 6.42 Å². The zero-order valence-electron chi connectivity index (χ0n) is 14.0. The number of aliphatic imine (C=N–C) groups is 1. The molecule has 2 heteroatoms. The van der Waals surface area contributed by atoms with Gasteiger partial charge < -0.3 is 4.74 Å². The second-order valence-electron chi connectivity index (χ2n) is 6.60. The largest absolute Gasteiger partial charge is 0.457 e. The first kappa shape index (κ1) is 15.2. The molecule has 0 amide bonds. The van der Waals surface area contributed by atoms with Crippen molar-refractivity contribution < 1.29 is 4.74 Å². The first-order valence-corrected chi connectivity index (χ1v) is 8.95. The zero-order chi connectivity index (χ0) is 16.2. The Morgan fingerprint density at radius 3 is 2.38 bits per heavy atom. The monoisotopic (exact) mass is 317 g/mol. The average Bonchev–Trinajstić information content (AvgIpc) is 2.65. The highest BCUT2D eigenvalue weighted by Crippen LogP contribution is 2.31. The third-order valence-electron chi connectivity index (χ3n) is 4.92. The van der Waals surface area contributed by atoms with E-state index in [2.05, 4.69) is 24.3 Å². The van der Waals surface area contributed by atoms with Crippen molar-refractivity contribution in [2.24, 2.45) is 4.99 Å². The van der Waals surface area contributed by atoms with E-state index < -0.39 is 0 Å². The van der Waals surface area contributed by atoms with Crippen LogP contribution >= 0.6 is 0 Å². The van der Waals surface area contributed by atoms with Gasteiger partial charge in [-0.05, 0) is 67.5 Å². The maximum atomic E-state index is 5.87. The molecule has 0 atom stereocenters. The summed E-state index contributed by atoms with van der Waals surface area (Å²) >= 11 is 0. The molecule has 0 spiro atoms. The molecule has 1 aliphatic carbocycles. The number of benzene rings is 2. The Morgan fingerprint density at radius 1 is 0.792 bits per heavy atom. The lowest BCUT2D eigenvalue weighted by atomic mass is 9.84. The highest BCUT2D eigenvalue weighted by molar-refractivity contribution is 6.02. The van der Waals surface area contributed by atoms with Gasteiger partial charge in [-0.15, -0.1) is 0 Å². The smallest absolute Gasteiger partial charge is 0.127 e. The van der Waals surface area contributed by atoms with E-state index in [-0.39, 0.29) is 0 Å². The predicted octanol–water partition coefficient (Wildman–Crippen LogP) is 5.74. The summed E-state index contributed by atoms with van der Waals surface area (Å²) in [6, 6.07) is 18.4. The van der Waals surface area contributed by atoms with Gasteiger partial charge >= 0.3 is 0 Å². The number of dihydropyridines is 1. The van der Waals surface area contributed by atoms with Crippen LogP contribution in [0.15, 0.2) is 70.7 Å². The highest BCUT2D eigenvalue weighted by Gasteiger charge is 2.20. The van der Waals surface area contributed by atoms with Crippen LogP contribution in [0.4, 0.5) is 0 Å². The van der Waals surface area contributed by atoms with Gasteiger partial charge in [-0.25, -0.2) is 0 Å². The van der Waals surface area contributed by atoms with Crippen LogP contribution in [0.1, 0.15) is 37.7 Å². The minimum atomic E-state index is 0.874. The Hall–Kier alpha value is -2.35. The summed E-state index contributed by atoms with van der Waals surface area (Å²) in [4.78, 5) is 4.83. The van der Waals surface area contributed by atoms with Gasteiger partial charge in [0.05, 0.1) is 0 Å². The summed E-state index contributed by atoms with van der Waals surface area (Å²) < 4.78 is 5.87. The van der Waals surface area contributed by atoms with E-state index in [4.69, 9.17) is 9.73 Å². The summed E-state index contributed by atoms with van der Waals surface area (Å²) in [7, 11) is 0. The molecule has 2 aliphatic rings. The van der Waals surface area contributed by atoms with E-state index in [1.165, 1.54) is 43.4 Å². The lowest BCUT2D eigenvalue weighted by molar-refractivity contribution is 0.482. The second-order valence-corrected chi connectivity index (χ2v) is 6.60. The zero-order valence-corrected chi connectivity index (χ0v) is 14.0. The Morgan fingerprint density at radius 2 is 1.54 bits per heavy atom. The standard InChI is InChI=1S/C22H23NO/c1-2-7-19(8-3-1)24-20-12-10-17(11-13-20)16-22-21-9-5-4-6-18(21)14-15-23-22/h1-3,7-8,10-13H,4-6,9,14-16H2. The molecular weight excluding hydrogens is 294 g/mol. The van der Waals surface area contributed by atoms with Gasteiger partial charge in [-0.2, -0.15) is 0 Å². The molecule has 0 saturated heterocycles. The first-order chi connectivity index (χ1) is 11.9. The molecule has 0 saturated carbocycles. The van der Waals surface area contributed by atoms with E-state index in [0.717, 1.165) is 24.5 Å². The number of rotatable bonds is 4. The topological polar surface area (TPSA) is 21.6 Å². The van der Waals surface area contributed by atoms with Gasteiger partial charge in [0, 0.05) is 18.7 Å². The Balaban J connectivity index is 1.46. The van der Waals surface area contributed by atoms with Crippen molar-refractivity contribution in [1.29, 1.82) is 0 Å². The quantitative estimate of drug-likeness (QED) is 0.705. The maximum Gasteiger partial charge on any atom is 0.127 e. The van der Waals surface area contributed by atoms with Crippen LogP contribution in [0.2, 0.25) is 0 Å². The van der Waals surface area contributed by atoms with E-state index in [1.807, 2.05) is 30.3 Å². The van der Waals surface area contributed by atoms with E-state index in [9.17, 15) is 0 Å². The average molecular weight is 317 g/mol. The molecule has 122 valence electrons. The fourth-order valence-corrected chi connectivity index (χ4v) is 3.67. The highest BCUT2D eigenvalue weighted by atomic mass is 16.5. The van der Waals surface area contributed by atoms with Gasteiger partial charge in [-0.3, -0.25) is 4.99 Å². The van der Waals surface area contributed by atoms with Crippen LogP contribution in [-0.4, -0.2) is 12.3 Å². The molecule has 0 bridgehead atoms. The van der Waals surface area contributed by atoms with Crippen molar-refractivity contribution in [3.63, 3.8) is 0 Å². The van der Waals surface area contributed by atoms with Crippen LogP contribution in [0.3, 0.4) is 0 Å². The van der Waals surface area contributed by atoms with E-state index in [0.29, 0.717) is 0 Å². The molecule has 2 nitrogen and oxygen atoms in total. The molecule has 4 rings (SSSR count). The lowest BCUT2D eigenvalue weighted by Gasteiger charge is -2.25. The van der Waals surface area contributed by atoms with Crippen molar-refractivity contribution in [1.82, 2.24) is 0 Å². The number of nitrogens with zero attached hydrogens (tertiary/aromatic N) is 1. The predicted molar refractivity (Wildman–Crippen MR) is 99.1 cm³/mol. The molecule has 0 N–H and O–H groups in total. The Kier molecular flexibility index (Phi) is 4.46. The van der Waals surface area contributed by atoms with Gasteiger partial charge in [0.1, 0.15) is 11.5 Å². The number of allylic oxidation sites excluding steroid dienone is 1. The van der Waals surface area contributed by atoms with Crippen molar-refractivity contribution in [3.8, 4) is 11.5 Å². The fourth-order valence-electron chi connectivity index (χ4n) is 3.67. The third-order valence-corrected chi connectivity index (χ3v) is 4.92. The van der Waals surface area contributed by atoms with Crippen LogP contribution < -0.4 is 4.74 Å². The molecule has 0 radical (unpaired) electrons. The van der Waals surface area contributed by atoms with Crippen molar-refractivity contribution in [2.75, 3.05) is 6.54 Å². The van der Waals surface area contributed by atoms with Gasteiger partial charge in [0.25, 0.3) is 0 Å². The first-order valence-electron chi connectivity index (χ1n) is 8.95. The summed E-state index contributed by atoms with van der Waals surface area (Å²) in [6.07, 6.45) is 7.33. The summed E-state index contributed by atoms with van der Waals surface area (Å²) in [5.41, 5.74) is 5.88. The minimum Gasteiger partial charge on any atom is -0.457 e. The second kappa shape index (κ2) is 7.04. The molecule has 0 fully saturated rings. The van der Waals surface area contributed by atoms with Gasteiger partial charge in [0.15, 0.2) is 0 Å². The molecule has 24 heavy (non-hydrogen) atoms. The molecule has 1 heterocycles. The molecule has 0 aromatic heterocycles. The third kappa shape index (κ3) is 3.43. The van der Waals surface area contributed by atoms with Crippen molar-refractivity contribution in [2.45, 2.75) is 38.5 Å². The van der Waals surface area contributed by atoms with Gasteiger partial charge in [-0.1, -0.05) is 35.9 Å². The Bertz CT molecular complexity index is 756. The molecule has 0 unspecified atom stereocenters. The van der Waals surface area contributed by atoms with Crippen LogP contribution in [0.5, 0.6) is 11.5 Å². The maximum absolute atomic E-state index is 5.87. The SMILES string of the molecule is c1ccc(Oc2ccc(CC3=NCCC4=C3CCCC4)cc2)cc1. The minimum absolute atomic E-state index is 0.874. The lowest BCUT2D eigenvalue weighted by Crippen LogP contribution is -2.18. The summed E-state index contributed by atoms with van der Waals surface area (Å²) in [5, 5.41) is 0. The van der Waals surface area contributed by atoms with Crippen LogP contribution in [0, 0.1) is 0 Å². The molecule has 2 aromatic carbocycles. The number of hydrogen-bond donors (Lipinski definition) is 0. The Labute approximate surface area is 143 Å². The van der Waals surface area contributed by atoms with Crippen LogP contribution in [0.25, 0.3) is 0 Å². The van der Waals surface area contributed by atoms with Crippen molar-refractivity contribution in [3.05, 3.63) is 71.3 Å². The number of hydrogen-bond acceptors (Lipinski definition) is 2. The number of ether oxygens (including phenoxy) is 1. The molecule has 1 aliphatic heterocycles. The van der Waals surface area contributed by atoms with Gasteiger partial charge in [0.2, 0.25) is 0 Å².